The van der Waals surface area contributed by atoms with Gasteiger partial charge in [0.1, 0.15) is 12.1 Å². The second-order valence-corrected chi connectivity index (χ2v) is 12.7. The molecular weight excluding hydrogens is 526 g/mol. The Morgan fingerprint density at radius 1 is 0.975 bits per heavy atom. The van der Waals surface area contributed by atoms with Crippen molar-refractivity contribution in [3.05, 3.63) is 47.3 Å². The molecule has 3 aliphatic rings. The summed E-state index contributed by atoms with van der Waals surface area (Å²) in [6.45, 7) is 8.27. The number of thiophene rings is 1. The number of likely N-dealkylation sites (N-methyl/N-ethyl adjacent to an activating group) is 1. The molecule has 40 heavy (non-hydrogen) atoms. The summed E-state index contributed by atoms with van der Waals surface area (Å²) < 4.78 is 0. The number of nitrogens with zero attached hydrogens (tertiary/aromatic N) is 4. The molecule has 3 saturated heterocycles. The Hall–Kier alpha value is -3.08. The first-order chi connectivity index (χ1) is 19.2. The zero-order valence-electron chi connectivity index (χ0n) is 23.5. The van der Waals surface area contributed by atoms with Gasteiger partial charge in [-0.25, -0.2) is 0 Å². The van der Waals surface area contributed by atoms with Gasteiger partial charge in [0, 0.05) is 37.6 Å². The highest BCUT2D eigenvalue weighted by molar-refractivity contribution is 7.17. The lowest BCUT2D eigenvalue weighted by Crippen LogP contribution is -2.53. The first kappa shape index (κ1) is 28.4. The number of nitrogens with one attached hydrogen (secondary N) is 1. The molecule has 2 aromatic rings. The van der Waals surface area contributed by atoms with Gasteiger partial charge >= 0.3 is 0 Å². The van der Waals surface area contributed by atoms with Gasteiger partial charge in [-0.3, -0.25) is 24.1 Å². The minimum atomic E-state index is -0.739. The van der Waals surface area contributed by atoms with Gasteiger partial charge in [-0.15, -0.1) is 11.3 Å². The molecule has 1 N–H and O–H groups in total. The Morgan fingerprint density at radius 2 is 1.70 bits per heavy atom. The molecule has 0 aliphatic carbocycles. The first-order valence-corrected chi connectivity index (χ1v) is 15.0. The Morgan fingerprint density at radius 3 is 2.40 bits per heavy atom. The van der Waals surface area contributed by atoms with Gasteiger partial charge in [-0.1, -0.05) is 44.2 Å². The lowest BCUT2D eigenvalue weighted by atomic mass is 10.0. The van der Waals surface area contributed by atoms with Crippen molar-refractivity contribution in [1.29, 1.82) is 0 Å². The number of Topliss-reactive ketones (excluding diaryl/α,β-unsaturated/α-hetero) is 1. The summed E-state index contributed by atoms with van der Waals surface area (Å²) in [7, 11) is 2.07. The third-order valence-electron chi connectivity index (χ3n) is 8.18. The van der Waals surface area contributed by atoms with E-state index in [9.17, 15) is 19.2 Å². The quantitative estimate of drug-likeness (QED) is 0.528. The number of carbonyl (C=O) groups excluding carboxylic acids is 4. The largest absolute Gasteiger partial charge is 0.340 e. The van der Waals surface area contributed by atoms with Crippen LogP contribution in [0.3, 0.4) is 0 Å². The van der Waals surface area contributed by atoms with Crippen molar-refractivity contribution >= 4 is 34.8 Å². The minimum absolute atomic E-state index is 0.0429. The summed E-state index contributed by atoms with van der Waals surface area (Å²) in [6, 6.07) is 11.9. The highest BCUT2D eigenvalue weighted by Gasteiger charge is 2.52. The molecule has 10 heteroatoms. The zero-order chi connectivity index (χ0) is 28.4. The van der Waals surface area contributed by atoms with Crippen molar-refractivity contribution < 1.29 is 19.2 Å². The molecule has 3 atom stereocenters. The first-order valence-electron chi connectivity index (χ1n) is 14.2. The maximum Gasteiger partial charge on any atom is 0.262 e. The van der Waals surface area contributed by atoms with Gasteiger partial charge < -0.3 is 20.0 Å². The standard InChI is InChI=1S/C30H39N5O4S/c1-20(2)17-22(31-29(38)26-10-9-25(40-26)21-7-5-4-6-8-21)30(39)34-12-11-23-28(34)24(36)18-35(23)27(37)19-33-15-13-32(3)14-16-33/h4-10,20,22-23,28H,11-19H2,1-3H3,(H,31,38). The summed E-state index contributed by atoms with van der Waals surface area (Å²) in [5, 5.41) is 2.97. The number of benzene rings is 1. The van der Waals surface area contributed by atoms with Gasteiger partial charge in [0.2, 0.25) is 11.8 Å². The normalized spacial score (nSPS) is 22.6. The summed E-state index contributed by atoms with van der Waals surface area (Å²) in [5.41, 5.74) is 1.04. The molecule has 9 nitrogen and oxygen atoms in total. The van der Waals surface area contributed by atoms with Crippen LogP contribution in [0.25, 0.3) is 10.4 Å². The SMILES string of the molecule is CC(C)CC(NC(=O)c1ccc(-c2ccccc2)s1)C(=O)N1CCC2C1C(=O)CN2C(=O)CN1CCN(C)CC1. The van der Waals surface area contributed by atoms with Crippen LogP contribution in [-0.4, -0.2) is 114 Å². The Bertz CT molecular complexity index is 1240. The van der Waals surface area contributed by atoms with Crippen LogP contribution in [0, 0.1) is 5.92 Å². The van der Waals surface area contributed by atoms with E-state index in [1.807, 2.05) is 50.2 Å². The van der Waals surface area contributed by atoms with Crippen molar-refractivity contribution in [1.82, 2.24) is 24.9 Å². The smallest absolute Gasteiger partial charge is 0.262 e. The summed E-state index contributed by atoms with van der Waals surface area (Å²) in [4.78, 5) is 62.6. The van der Waals surface area contributed by atoms with Gasteiger partial charge in [-0.05, 0) is 43.5 Å². The molecule has 3 amide bonds. The van der Waals surface area contributed by atoms with Gasteiger partial charge in [0.25, 0.3) is 5.91 Å². The topological polar surface area (TPSA) is 93.3 Å². The fourth-order valence-electron chi connectivity index (χ4n) is 6.02. The number of hydrogen-bond donors (Lipinski definition) is 1. The van der Waals surface area contributed by atoms with E-state index in [-0.39, 0.29) is 42.0 Å². The molecule has 0 radical (unpaired) electrons. The highest BCUT2D eigenvalue weighted by Crippen LogP contribution is 2.32. The Balaban J connectivity index is 1.25. The molecule has 0 saturated carbocycles. The number of likely N-dealkylation sites (tertiary alicyclic amines) is 2. The summed E-state index contributed by atoms with van der Waals surface area (Å²) in [5.74, 6) is -0.502. The molecular formula is C30H39N5O4S. The predicted octanol–water partition coefficient (Wildman–Crippen LogP) is 2.19. The van der Waals surface area contributed by atoms with Gasteiger partial charge in [0.15, 0.2) is 5.78 Å². The number of fused-ring (bicyclic) bond motifs is 1. The van der Waals surface area contributed by atoms with Crippen molar-refractivity contribution in [3.63, 3.8) is 0 Å². The van der Waals surface area contributed by atoms with E-state index in [4.69, 9.17) is 0 Å². The third-order valence-corrected chi connectivity index (χ3v) is 9.31. The second-order valence-electron chi connectivity index (χ2n) is 11.6. The summed E-state index contributed by atoms with van der Waals surface area (Å²) in [6.07, 6.45) is 1.04. The Labute approximate surface area is 240 Å². The van der Waals surface area contributed by atoms with Gasteiger partial charge in [-0.2, -0.15) is 0 Å². The van der Waals surface area contributed by atoms with Crippen LogP contribution in [0.5, 0.6) is 0 Å². The highest BCUT2D eigenvalue weighted by atomic mass is 32.1. The molecule has 3 aliphatic heterocycles. The molecule has 1 aromatic heterocycles. The van der Waals surface area contributed by atoms with Crippen molar-refractivity contribution in [3.8, 4) is 10.4 Å². The number of carbonyl (C=O) groups is 4. The van der Waals surface area contributed by atoms with E-state index in [0.717, 1.165) is 36.6 Å². The molecule has 3 fully saturated rings. The fourth-order valence-corrected chi connectivity index (χ4v) is 6.93. The van der Waals surface area contributed by atoms with Crippen LogP contribution in [0.4, 0.5) is 0 Å². The average Bonchev–Trinajstić information content (AvgIpc) is 3.67. The minimum Gasteiger partial charge on any atom is -0.340 e. The molecule has 1 aromatic carbocycles. The van der Waals surface area contributed by atoms with E-state index in [1.165, 1.54) is 11.3 Å². The van der Waals surface area contributed by atoms with E-state index in [0.29, 0.717) is 30.8 Å². The van der Waals surface area contributed by atoms with E-state index >= 15 is 0 Å². The van der Waals surface area contributed by atoms with E-state index in [1.54, 1.807) is 15.9 Å². The monoisotopic (exact) mass is 565 g/mol. The third kappa shape index (κ3) is 6.14. The zero-order valence-corrected chi connectivity index (χ0v) is 24.4. The van der Waals surface area contributed by atoms with Crippen molar-refractivity contribution in [2.45, 2.75) is 44.8 Å². The average molecular weight is 566 g/mol. The van der Waals surface area contributed by atoms with Crippen LogP contribution in [0.15, 0.2) is 42.5 Å². The maximum absolute atomic E-state index is 13.8. The predicted molar refractivity (Wildman–Crippen MR) is 155 cm³/mol. The van der Waals surface area contributed by atoms with Crippen LogP contribution in [0.1, 0.15) is 36.4 Å². The number of rotatable bonds is 8. The number of hydrogen-bond acceptors (Lipinski definition) is 7. The van der Waals surface area contributed by atoms with Crippen LogP contribution in [0.2, 0.25) is 0 Å². The van der Waals surface area contributed by atoms with Crippen molar-refractivity contribution in [2.24, 2.45) is 5.92 Å². The van der Waals surface area contributed by atoms with Crippen molar-refractivity contribution in [2.75, 3.05) is 52.9 Å². The van der Waals surface area contributed by atoms with Crippen LogP contribution < -0.4 is 5.32 Å². The molecule has 5 rings (SSSR count). The van der Waals surface area contributed by atoms with E-state index < -0.39 is 12.1 Å². The molecule has 4 heterocycles. The maximum atomic E-state index is 13.8. The van der Waals surface area contributed by atoms with E-state index in [2.05, 4.69) is 22.2 Å². The summed E-state index contributed by atoms with van der Waals surface area (Å²) >= 11 is 1.39. The second kappa shape index (κ2) is 12.2. The van der Waals surface area contributed by atoms with Crippen LogP contribution in [-0.2, 0) is 14.4 Å². The molecule has 3 unspecified atom stereocenters. The molecule has 214 valence electrons. The Kier molecular flexibility index (Phi) is 8.68. The van der Waals surface area contributed by atoms with Crippen LogP contribution >= 0.6 is 11.3 Å². The molecule has 0 bridgehead atoms. The number of amides is 3. The van der Waals surface area contributed by atoms with Gasteiger partial charge in [0.05, 0.1) is 24.0 Å². The lowest BCUT2D eigenvalue weighted by molar-refractivity contribution is -0.138. The molecule has 0 spiro atoms. The fraction of sp³-hybridized carbons (Fsp3) is 0.533. The number of piperazine rings is 1. The number of ketones is 1. The lowest BCUT2D eigenvalue weighted by Gasteiger charge is -2.33.